The smallest absolute Gasteiger partial charge is 0.340 e. The summed E-state index contributed by atoms with van der Waals surface area (Å²) in [5.41, 5.74) is -0.298. The molecule has 0 fully saturated rings. The molecule has 0 atom stereocenters. The second-order valence-corrected chi connectivity index (χ2v) is 2.70. The highest BCUT2D eigenvalue weighted by Gasteiger charge is 2.18. The van der Waals surface area contributed by atoms with E-state index in [-0.39, 0.29) is 17.0 Å². The van der Waals surface area contributed by atoms with E-state index in [1.165, 1.54) is 13.2 Å². The third-order valence-corrected chi connectivity index (χ3v) is 1.82. The zero-order chi connectivity index (χ0) is 12.1. The van der Waals surface area contributed by atoms with Crippen LogP contribution in [0.5, 0.6) is 5.75 Å². The van der Waals surface area contributed by atoms with E-state index >= 15 is 0 Å². The van der Waals surface area contributed by atoms with Crippen LogP contribution >= 0.6 is 0 Å². The lowest BCUT2D eigenvalue weighted by molar-refractivity contribution is 0.0601. The third kappa shape index (κ3) is 2.24. The lowest BCUT2D eigenvalue weighted by Gasteiger charge is -2.07. The minimum atomic E-state index is -0.813. The molecule has 1 aromatic carbocycles. The number of benzene rings is 1. The van der Waals surface area contributed by atoms with Crippen LogP contribution in [0.1, 0.15) is 10.4 Å². The second kappa shape index (κ2) is 5.04. The van der Waals surface area contributed by atoms with Crippen molar-refractivity contribution in [3.63, 3.8) is 0 Å². The number of aliphatic imine (C=N–C) groups is 1. The van der Waals surface area contributed by atoms with Crippen molar-refractivity contribution in [3.05, 3.63) is 23.5 Å². The molecule has 0 radical (unpaired) electrons. The molecular weight excluding hydrogens is 217 g/mol. The van der Waals surface area contributed by atoms with E-state index in [1.54, 1.807) is 0 Å². The Balaban J connectivity index is 3.49. The highest BCUT2D eigenvalue weighted by molar-refractivity contribution is 5.96. The van der Waals surface area contributed by atoms with E-state index in [4.69, 9.17) is 4.74 Å². The molecule has 1 rings (SSSR count). The van der Waals surface area contributed by atoms with Crippen molar-refractivity contribution in [2.45, 2.75) is 0 Å². The minimum Gasteiger partial charge on any atom is -0.494 e. The molecule has 0 heterocycles. The van der Waals surface area contributed by atoms with Gasteiger partial charge in [-0.15, -0.1) is 0 Å². The Morgan fingerprint density at radius 3 is 2.62 bits per heavy atom. The number of nitrogens with zero attached hydrogens (tertiary/aromatic N) is 1. The predicted molar refractivity (Wildman–Crippen MR) is 52.1 cm³/mol. The molecule has 0 spiro atoms. The van der Waals surface area contributed by atoms with E-state index in [1.807, 2.05) is 0 Å². The molecule has 0 unspecified atom stereocenters. The summed E-state index contributed by atoms with van der Waals surface area (Å²) in [6.07, 6.45) is 1.26. The topological polar surface area (TPSA) is 65.0 Å². The van der Waals surface area contributed by atoms with Crippen LogP contribution in [-0.2, 0) is 9.53 Å². The summed E-state index contributed by atoms with van der Waals surface area (Å²) in [5.74, 6) is -1.54. The zero-order valence-electron chi connectivity index (χ0n) is 8.61. The maximum atomic E-state index is 13.1. The highest BCUT2D eigenvalue weighted by atomic mass is 19.1. The normalized spacial score (nSPS) is 9.19. The quantitative estimate of drug-likeness (QED) is 0.445. The van der Waals surface area contributed by atoms with Gasteiger partial charge in [-0.25, -0.2) is 14.0 Å². The van der Waals surface area contributed by atoms with Gasteiger partial charge in [-0.3, -0.25) is 0 Å². The zero-order valence-corrected chi connectivity index (χ0v) is 8.61. The Bertz CT molecular complexity index is 466. The highest BCUT2D eigenvalue weighted by Crippen LogP contribution is 2.32. The van der Waals surface area contributed by atoms with Gasteiger partial charge in [0, 0.05) is 6.07 Å². The lowest BCUT2D eigenvalue weighted by atomic mass is 10.1. The van der Waals surface area contributed by atoms with Gasteiger partial charge in [-0.1, -0.05) is 0 Å². The first-order valence-electron chi connectivity index (χ1n) is 4.17. The Kier molecular flexibility index (Phi) is 3.74. The van der Waals surface area contributed by atoms with Gasteiger partial charge in [0.05, 0.1) is 19.8 Å². The SMILES string of the molecule is COC(=O)c1cc(F)cc(OC)c1N=C=O. The molecule has 0 N–H and O–H groups in total. The van der Waals surface area contributed by atoms with Crippen molar-refractivity contribution in [1.82, 2.24) is 0 Å². The number of esters is 1. The number of hydrogen-bond donors (Lipinski definition) is 0. The van der Waals surface area contributed by atoms with Crippen LogP contribution in [0.15, 0.2) is 17.1 Å². The molecular formula is C10H8FNO4. The van der Waals surface area contributed by atoms with Gasteiger partial charge in [0.2, 0.25) is 6.08 Å². The monoisotopic (exact) mass is 225 g/mol. The minimum absolute atomic E-state index is 0.0382. The summed E-state index contributed by atoms with van der Waals surface area (Å²) >= 11 is 0. The summed E-state index contributed by atoms with van der Waals surface area (Å²) in [6.45, 7) is 0. The van der Waals surface area contributed by atoms with Crippen molar-refractivity contribution in [2.24, 2.45) is 4.99 Å². The first kappa shape index (κ1) is 11.9. The van der Waals surface area contributed by atoms with E-state index in [0.29, 0.717) is 0 Å². The molecule has 0 saturated heterocycles. The van der Waals surface area contributed by atoms with E-state index in [2.05, 4.69) is 9.73 Å². The van der Waals surface area contributed by atoms with Crippen LogP contribution in [0.2, 0.25) is 0 Å². The molecule has 16 heavy (non-hydrogen) atoms. The molecule has 5 nitrogen and oxygen atoms in total. The molecule has 6 heteroatoms. The fourth-order valence-corrected chi connectivity index (χ4v) is 1.16. The van der Waals surface area contributed by atoms with Crippen LogP contribution in [0.25, 0.3) is 0 Å². The number of isocyanates is 1. The standard InChI is InChI=1S/C10H8FNO4/c1-15-8-4-6(11)3-7(10(14)16-2)9(8)12-5-13/h3-4H,1-2H3. The number of methoxy groups -OCH3 is 2. The van der Waals surface area contributed by atoms with Crippen LogP contribution in [0.4, 0.5) is 10.1 Å². The molecule has 0 aliphatic heterocycles. The van der Waals surface area contributed by atoms with E-state index in [0.717, 1.165) is 19.2 Å². The average Bonchev–Trinajstić information content (AvgIpc) is 2.29. The molecule has 0 aromatic heterocycles. The predicted octanol–water partition coefficient (Wildman–Crippen LogP) is 1.59. The lowest BCUT2D eigenvalue weighted by Crippen LogP contribution is -2.03. The molecule has 0 aliphatic rings. The van der Waals surface area contributed by atoms with Crippen molar-refractivity contribution in [2.75, 3.05) is 14.2 Å². The van der Waals surface area contributed by atoms with Gasteiger partial charge in [0.15, 0.2) is 0 Å². The molecule has 0 bridgehead atoms. The number of rotatable bonds is 3. The number of ether oxygens (including phenoxy) is 2. The number of carbonyl (C=O) groups excluding carboxylic acids is 2. The van der Waals surface area contributed by atoms with Gasteiger partial charge in [0.1, 0.15) is 17.3 Å². The molecule has 1 aromatic rings. The van der Waals surface area contributed by atoms with Crippen molar-refractivity contribution >= 4 is 17.7 Å². The Morgan fingerprint density at radius 2 is 2.12 bits per heavy atom. The summed E-state index contributed by atoms with van der Waals surface area (Å²) in [5, 5.41) is 0. The van der Waals surface area contributed by atoms with Crippen LogP contribution < -0.4 is 4.74 Å². The Morgan fingerprint density at radius 1 is 1.44 bits per heavy atom. The Labute approximate surface area is 90.5 Å². The first-order valence-corrected chi connectivity index (χ1v) is 4.17. The number of halogens is 1. The maximum Gasteiger partial charge on any atom is 0.340 e. The molecule has 0 amide bonds. The molecule has 0 saturated carbocycles. The summed E-state index contributed by atoms with van der Waals surface area (Å²) < 4.78 is 22.3. The second-order valence-electron chi connectivity index (χ2n) is 2.70. The first-order chi connectivity index (χ1) is 7.63. The van der Waals surface area contributed by atoms with Gasteiger partial charge < -0.3 is 9.47 Å². The fourth-order valence-electron chi connectivity index (χ4n) is 1.16. The summed E-state index contributed by atoms with van der Waals surface area (Å²) in [6, 6.07) is 1.91. The number of carbonyl (C=O) groups is 1. The Hall–Kier alpha value is -2.20. The third-order valence-electron chi connectivity index (χ3n) is 1.82. The van der Waals surface area contributed by atoms with Crippen molar-refractivity contribution in [1.29, 1.82) is 0 Å². The maximum absolute atomic E-state index is 13.1. The molecule has 0 aliphatic carbocycles. The largest absolute Gasteiger partial charge is 0.494 e. The van der Waals surface area contributed by atoms with Crippen LogP contribution in [-0.4, -0.2) is 26.3 Å². The van der Waals surface area contributed by atoms with Crippen LogP contribution in [0.3, 0.4) is 0 Å². The van der Waals surface area contributed by atoms with Gasteiger partial charge in [-0.05, 0) is 6.07 Å². The number of hydrogen-bond acceptors (Lipinski definition) is 5. The summed E-state index contributed by atoms with van der Waals surface area (Å²) in [4.78, 5) is 24.8. The van der Waals surface area contributed by atoms with Crippen molar-refractivity contribution < 1.29 is 23.5 Å². The van der Waals surface area contributed by atoms with Gasteiger partial charge in [-0.2, -0.15) is 4.99 Å². The summed E-state index contributed by atoms with van der Waals surface area (Å²) in [7, 11) is 2.40. The van der Waals surface area contributed by atoms with Gasteiger partial charge in [0.25, 0.3) is 0 Å². The van der Waals surface area contributed by atoms with Crippen LogP contribution in [0, 0.1) is 5.82 Å². The average molecular weight is 225 g/mol. The molecule has 84 valence electrons. The van der Waals surface area contributed by atoms with Crippen molar-refractivity contribution in [3.8, 4) is 5.75 Å². The fraction of sp³-hybridized carbons (Fsp3) is 0.200. The van der Waals surface area contributed by atoms with E-state index < -0.39 is 11.8 Å². The van der Waals surface area contributed by atoms with Gasteiger partial charge >= 0.3 is 5.97 Å². The van der Waals surface area contributed by atoms with E-state index in [9.17, 15) is 14.0 Å².